The highest BCUT2D eigenvalue weighted by molar-refractivity contribution is 5.95. The van der Waals surface area contributed by atoms with Gasteiger partial charge in [-0.3, -0.25) is 0 Å². The van der Waals surface area contributed by atoms with Gasteiger partial charge in [-0.1, -0.05) is 158 Å². The Labute approximate surface area is 315 Å². The Morgan fingerprint density at radius 3 is 1.46 bits per heavy atom. The van der Waals surface area contributed by atoms with Crippen LogP contribution < -0.4 is 9.64 Å². The molecule has 0 bridgehead atoms. The number of nitrogens with zero attached hydrogens (tertiary/aromatic N) is 1. The summed E-state index contributed by atoms with van der Waals surface area (Å²) in [6.07, 6.45) is 0. The highest BCUT2D eigenvalue weighted by atomic mass is 16.5. The molecule has 9 aromatic rings. The molecule has 0 saturated heterocycles. The normalized spacial score (nSPS) is 11.5. The number of ether oxygens (including phenoxy) is 1. The van der Waals surface area contributed by atoms with Crippen LogP contribution in [0.25, 0.3) is 66.4 Å². The van der Waals surface area contributed by atoms with Crippen LogP contribution in [0.1, 0.15) is 0 Å². The van der Waals surface area contributed by atoms with E-state index in [2.05, 4.69) is 217 Å². The van der Waals surface area contributed by atoms with E-state index in [4.69, 9.17) is 4.74 Å². The van der Waals surface area contributed by atoms with Crippen LogP contribution in [-0.2, 0) is 0 Å². The molecule has 2 heteroatoms. The number of rotatable bonds is 6. The first-order valence-electron chi connectivity index (χ1n) is 18.4. The minimum atomic E-state index is 0.824. The molecule has 0 aliphatic carbocycles. The Morgan fingerprint density at radius 1 is 0.259 bits per heavy atom. The van der Waals surface area contributed by atoms with Gasteiger partial charge in [0.2, 0.25) is 0 Å². The van der Waals surface area contributed by atoms with Crippen molar-refractivity contribution in [3.05, 3.63) is 212 Å². The zero-order valence-electron chi connectivity index (χ0n) is 29.6. The summed E-state index contributed by atoms with van der Waals surface area (Å²) < 4.78 is 6.88. The number of para-hydroxylation sites is 1. The van der Waals surface area contributed by atoms with Gasteiger partial charge in [-0.25, -0.2) is 0 Å². The SMILES string of the molecule is c1ccc(-c2ccc(-c3ccc4c(c3)-c3ccccc3Oc3cc(N(c5ccc(-c6ccccc6)cc5)c5ccc6ccccc6c5)ccc3-4)cc2)cc1. The molecule has 0 fully saturated rings. The lowest BCUT2D eigenvalue weighted by atomic mass is 9.90. The van der Waals surface area contributed by atoms with E-state index in [9.17, 15) is 0 Å². The summed E-state index contributed by atoms with van der Waals surface area (Å²) in [6.45, 7) is 0. The van der Waals surface area contributed by atoms with Gasteiger partial charge in [-0.15, -0.1) is 0 Å². The largest absolute Gasteiger partial charge is 0.456 e. The van der Waals surface area contributed by atoms with E-state index in [1.807, 2.05) is 0 Å². The molecule has 0 spiro atoms. The molecular formula is C52H35NO. The molecule has 1 aliphatic rings. The molecule has 254 valence electrons. The molecule has 0 unspecified atom stereocenters. The highest BCUT2D eigenvalue weighted by Gasteiger charge is 2.23. The monoisotopic (exact) mass is 689 g/mol. The van der Waals surface area contributed by atoms with Crippen LogP contribution in [0.5, 0.6) is 11.5 Å². The average Bonchev–Trinajstić information content (AvgIpc) is 3.38. The summed E-state index contributed by atoms with van der Waals surface area (Å²) in [4.78, 5) is 2.32. The predicted molar refractivity (Wildman–Crippen MR) is 226 cm³/mol. The molecule has 0 aromatic heterocycles. The van der Waals surface area contributed by atoms with Crippen LogP contribution in [0.3, 0.4) is 0 Å². The third-order valence-electron chi connectivity index (χ3n) is 10.5. The van der Waals surface area contributed by atoms with Crippen LogP contribution in [0, 0.1) is 0 Å². The van der Waals surface area contributed by atoms with Crippen molar-refractivity contribution in [2.24, 2.45) is 0 Å². The van der Waals surface area contributed by atoms with Crippen molar-refractivity contribution in [1.29, 1.82) is 0 Å². The summed E-state index contributed by atoms with van der Waals surface area (Å²) in [6, 6.07) is 75.8. The second-order valence-electron chi connectivity index (χ2n) is 13.8. The van der Waals surface area contributed by atoms with Crippen LogP contribution in [0.15, 0.2) is 212 Å². The molecule has 1 heterocycles. The van der Waals surface area contributed by atoms with Crippen LogP contribution in [0.2, 0.25) is 0 Å². The zero-order valence-corrected chi connectivity index (χ0v) is 29.6. The van der Waals surface area contributed by atoms with E-state index in [1.165, 1.54) is 44.2 Å². The summed E-state index contributed by atoms with van der Waals surface area (Å²) in [7, 11) is 0. The summed E-state index contributed by atoms with van der Waals surface area (Å²) >= 11 is 0. The summed E-state index contributed by atoms with van der Waals surface area (Å²) in [5.41, 5.74) is 14.8. The Bertz CT molecular complexity index is 2770. The molecule has 2 nitrogen and oxygen atoms in total. The van der Waals surface area contributed by atoms with Crippen molar-refractivity contribution in [2.75, 3.05) is 4.90 Å². The quantitative estimate of drug-likeness (QED) is 0.172. The molecule has 0 atom stereocenters. The van der Waals surface area contributed by atoms with Gasteiger partial charge in [-0.05, 0) is 104 Å². The molecule has 9 aromatic carbocycles. The highest BCUT2D eigenvalue weighted by Crippen LogP contribution is 2.50. The van der Waals surface area contributed by atoms with Crippen molar-refractivity contribution >= 4 is 27.8 Å². The lowest BCUT2D eigenvalue weighted by Crippen LogP contribution is -2.10. The van der Waals surface area contributed by atoms with Crippen molar-refractivity contribution in [3.8, 4) is 67.1 Å². The number of hydrogen-bond acceptors (Lipinski definition) is 2. The molecule has 0 radical (unpaired) electrons. The second-order valence-corrected chi connectivity index (χ2v) is 13.8. The maximum Gasteiger partial charge on any atom is 0.137 e. The first-order chi connectivity index (χ1) is 26.7. The van der Waals surface area contributed by atoms with E-state index in [0.717, 1.165) is 50.8 Å². The van der Waals surface area contributed by atoms with E-state index in [0.29, 0.717) is 0 Å². The fourth-order valence-electron chi connectivity index (χ4n) is 7.72. The fraction of sp³-hybridized carbons (Fsp3) is 0. The third-order valence-corrected chi connectivity index (χ3v) is 10.5. The van der Waals surface area contributed by atoms with Crippen molar-refractivity contribution in [2.45, 2.75) is 0 Å². The van der Waals surface area contributed by atoms with Crippen molar-refractivity contribution in [3.63, 3.8) is 0 Å². The maximum atomic E-state index is 6.88. The Hall–Kier alpha value is -7.16. The molecule has 0 amide bonds. The number of fused-ring (bicyclic) bond motifs is 6. The molecular weight excluding hydrogens is 655 g/mol. The lowest BCUT2D eigenvalue weighted by Gasteiger charge is -2.27. The third kappa shape index (κ3) is 5.81. The fourth-order valence-corrected chi connectivity index (χ4v) is 7.72. The molecule has 0 saturated carbocycles. The van der Waals surface area contributed by atoms with Crippen LogP contribution in [-0.4, -0.2) is 0 Å². The first kappa shape index (κ1) is 31.6. The molecule has 54 heavy (non-hydrogen) atoms. The van der Waals surface area contributed by atoms with Crippen LogP contribution >= 0.6 is 0 Å². The second kappa shape index (κ2) is 13.4. The van der Waals surface area contributed by atoms with Crippen molar-refractivity contribution in [1.82, 2.24) is 0 Å². The van der Waals surface area contributed by atoms with Gasteiger partial charge in [0, 0.05) is 34.3 Å². The Morgan fingerprint density at radius 2 is 0.741 bits per heavy atom. The van der Waals surface area contributed by atoms with Gasteiger partial charge >= 0.3 is 0 Å². The van der Waals surface area contributed by atoms with Gasteiger partial charge in [0.05, 0.1) is 0 Å². The zero-order chi connectivity index (χ0) is 35.8. The first-order valence-corrected chi connectivity index (χ1v) is 18.4. The van der Waals surface area contributed by atoms with E-state index < -0.39 is 0 Å². The molecule has 1 aliphatic heterocycles. The minimum absolute atomic E-state index is 0.824. The van der Waals surface area contributed by atoms with E-state index in [1.54, 1.807) is 0 Å². The van der Waals surface area contributed by atoms with Gasteiger partial charge in [-0.2, -0.15) is 0 Å². The molecule has 0 N–H and O–H groups in total. The van der Waals surface area contributed by atoms with Crippen molar-refractivity contribution < 1.29 is 4.74 Å². The maximum absolute atomic E-state index is 6.88. The predicted octanol–water partition coefficient (Wildman–Crippen LogP) is 14.8. The number of benzene rings is 9. The Balaban J connectivity index is 1.08. The van der Waals surface area contributed by atoms with E-state index >= 15 is 0 Å². The summed E-state index contributed by atoms with van der Waals surface area (Å²) in [5, 5.41) is 2.41. The van der Waals surface area contributed by atoms with E-state index in [-0.39, 0.29) is 0 Å². The van der Waals surface area contributed by atoms with Gasteiger partial charge in [0.1, 0.15) is 11.5 Å². The van der Waals surface area contributed by atoms with Gasteiger partial charge in [0.25, 0.3) is 0 Å². The lowest BCUT2D eigenvalue weighted by molar-refractivity contribution is 0.488. The Kier molecular flexibility index (Phi) is 7.85. The average molecular weight is 690 g/mol. The summed E-state index contributed by atoms with van der Waals surface area (Å²) in [5.74, 6) is 1.67. The van der Waals surface area contributed by atoms with Gasteiger partial charge < -0.3 is 9.64 Å². The molecule has 10 rings (SSSR count). The number of hydrogen-bond donors (Lipinski definition) is 0. The smallest absolute Gasteiger partial charge is 0.137 e. The minimum Gasteiger partial charge on any atom is -0.456 e. The number of anilines is 3. The topological polar surface area (TPSA) is 12.5 Å². The van der Waals surface area contributed by atoms with Crippen LogP contribution in [0.4, 0.5) is 17.1 Å². The van der Waals surface area contributed by atoms with Gasteiger partial charge in [0.15, 0.2) is 0 Å². The standard InChI is InChI=1S/C52H35NO/c1-3-11-36(12-4-1)39-19-21-41(22-20-39)43-26-31-47-49-32-30-46(35-52(49)54-51-18-10-9-17-48(51)50(47)34-43)53(45-29-25-38-15-7-8-16-42(38)33-45)44-27-23-40(24-28-44)37-13-5-2-6-14-37/h1-35H.